The van der Waals surface area contributed by atoms with Gasteiger partial charge in [0, 0.05) is 6.54 Å². The monoisotopic (exact) mass is 208 g/mol. The Balaban J connectivity index is 2.45. The van der Waals surface area contributed by atoms with Crippen molar-refractivity contribution in [3.63, 3.8) is 0 Å². The van der Waals surface area contributed by atoms with Crippen LogP contribution >= 0.6 is 0 Å². The molecule has 2 N–H and O–H groups in total. The quantitative estimate of drug-likeness (QED) is 0.662. The average molecular weight is 208 g/mol. The molecule has 1 amide bonds. The minimum Gasteiger partial charge on any atom is -0.330 e. The molecule has 1 aliphatic rings. The van der Waals surface area contributed by atoms with E-state index in [2.05, 4.69) is 5.92 Å². The molecule has 0 aromatic rings. The predicted octanol–water partition coefficient (Wildman–Crippen LogP) is 0.986. The second-order valence-electron chi connectivity index (χ2n) is 4.26. The van der Waals surface area contributed by atoms with Gasteiger partial charge in [-0.15, -0.1) is 6.42 Å². The zero-order valence-electron chi connectivity index (χ0n) is 9.41. The molecule has 0 aromatic heterocycles. The SMILES string of the molecule is C#CCN(CC1CC1)C(=O)[C@H](N)CCC. The first kappa shape index (κ1) is 12.1. The van der Waals surface area contributed by atoms with Crippen molar-refractivity contribution in [2.24, 2.45) is 11.7 Å². The normalized spacial score (nSPS) is 16.9. The van der Waals surface area contributed by atoms with E-state index in [0.29, 0.717) is 12.5 Å². The van der Waals surface area contributed by atoms with Crippen LogP contribution in [0.3, 0.4) is 0 Å². The van der Waals surface area contributed by atoms with Crippen molar-refractivity contribution >= 4 is 5.91 Å². The van der Waals surface area contributed by atoms with Crippen LogP contribution < -0.4 is 5.73 Å². The Morgan fingerprint density at radius 2 is 2.33 bits per heavy atom. The molecule has 0 saturated heterocycles. The Morgan fingerprint density at radius 1 is 1.67 bits per heavy atom. The number of hydrogen-bond acceptors (Lipinski definition) is 2. The number of amides is 1. The first-order chi connectivity index (χ1) is 7.19. The smallest absolute Gasteiger partial charge is 0.240 e. The zero-order chi connectivity index (χ0) is 11.3. The maximum absolute atomic E-state index is 11.9. The molecule has 1 saturated carbocycles. The summed E-state index contributed by atoms with van der Waals surface area (Å²) in [5.41, 5.74) is 5.80. The number of nitrogens with two attached hydrogens (primary N) is 1. The van der Waals surface area contributed by atoms with Crippen LogP contribution in [0.15, 0.2) is 0 Å². The van der Waals surface area contributed by atoms with E-state index in [0.717, 1.165) is 19.4 Å². The second kappa shape index (κ2) is 5.77. The molecule has 0 bridgehead atoms. The van der Waals surface area contributed by atoms with Gasteiger partial charge in [-0.1, -0.05) is 19.3 Å². The third-order valence-electron chi connectivity index (χ3n) is 2.69. The molecular weight excluding hydrogens is 188 g/mol. The van der Waals surface area contributed by atoms with Gasteiger partial charge in [0.2, 0.25) is 5.91 Å². The third kappa shape index (κ3) is 3.93. The summed E-state index contributed by atoms with van der Waals surface area (Å²) in [6.07, 6.45) is 9.36. The minimum absolute atomic E-state index is 0.0155. The molecule has 3 nitrogen and oxygen atoms in total. The molecule has 0 heterocycles. The molecule has 1 atom stereocenters. The van der Waals surface area contributed by atoms with E-state index in [4.69, 9.17) is 12.2 Å². The highest BCUT2D eigenvalue weighted by molar-refractivity contribution is 5.81. The average Bonchev–Trinajstić information content (AvgIpc) is 3.00. The van der Waals surface area contributed by atoms with Gasteiger partial charge >= 0.3 is 0 Å². The number of nitrogens with zero attached hydrogens (tertiary/aromatic N) is 1. The standard InChI is InChI=1S/C12H20N2O/c1-3-5-11(13)12(15)14(8-4-2)9-10-6-7-10/h2,10-11H,3,5-9,13H2,1H3/t11-/m1/s1. The lowest BCUT2D eigenvalue weighted by atomic mass is 10.1. The van der Waals surface area contributed by atoms with Gasteiger partial charge in [-0.25, -0.2) is 0 Å². The van der Waals surface area contributed by atoms with Crippen LogP contribution in [0.2, 0.25) is 0 Å². The van der Waals surface area contributed by atoms with E-state index < -0.39 is 0 Å². The van der Waals surface area contributed by atoms with Gasteiger partial charge in [0.1, 0.15) is 0 Å². The fraction of sp³-hybridized carbons (Fsp3) is 0.750. The Hall–Kier alpha value is -1.01. The van der Waals surface area contributed by atoms with Gasteiger partial charge in [0.05, 0.1) is 12.6 Å². The van der Waals surface area contributed by atoms with E-state index >= 15 is 0 Å². The number of hydrogen-bond donors (Lipinski definition) is 1. The zero-order valence-corrected chi connectivity index (χ0v) is 9.41. The molecule has 1 aliphatic carbocycles. The van der Waals surface area contributed by atoms with Gasteiger partial charge in [-0.05, 0) is 25.2 Å². The van der Waals surface area contributed by atoms with Gasteiger partial charge in [0.25, 0.3) is 0 Å². The topological polar surface area (TPSA) is 46.3 Å². The van der Waals surface area contributed by atoms with E-state index in [-0.39, 0.29) is 11.9 Å². The van der Waals surface area contributed by atoms with Crippen molar-refractivity contribution in [1.82, 2.24) is 4.90 Å². The molecule has 15 heavy (non-hydrogen) atoms. The maximum Gasteiger partial charge on any atom is 0.240 e. The summed E-state index contributed by atoms with van der Waals surface area (Å²) in [7, 11) is 0. The molecular formula is C12H20N2O. The maximum atomic E-state index is 11.9. The van der Waals surface area contributed by atoms with E-state index in [9.17, 15) is 4.79 Å². The van der Waals surface area contributed by atoms with Crippen molar-refractivity contribution < 1.29 is 4.79 Å². The van der Waals surface area contributed by atoms with Crippen molar-refractivity contribution in [2.75, 3.05) is 13.1 Å². The van der Waals surface area contributed by atoms with Crippen LogP contribution in [-0.4, -0.2) is 29.9 Å². The fourth-order valence-electron chi connectivity index (χ4n) is 1.62. The first-order valence-electron chi connectivity index (χ1n) is 5.66. The molecule has 0 unspecified atom stereocenters. The summed E-state index contributed by atoms with van der Waals surface area (Å²) < 4.78 is 0. The van der Waals surface area contributed by atoms with Crippen LogP contribution in [0.1, 0.15) is 32.6 Å². The number of terminal acetylenes is 1. The highest BCUT2D eigenvalue weighted by Crippen LogP contribution is 2.29. The Morgan fingerprint density at radius 3 is 2.80 bits per heavy atom. The van der Waals surface area contributed by atoms with Crippen LogP contribution in [0.25, 0.3) is 0 Å². The number of carbonyl (C=O) groups is 1. The lowest BCUT2D eigenvalue weighted by Gasteiger charge is -2.23. The van der Waals surface area contributed by atoms with Crippen molar-refractivity contribution in [3.8, 4) is 12.3 Å². The summed E-state index contributed by atoms with van der Waals surface area (Å²) >= 11 is 0. The van der Waals surface area contributed by atoms with Crippen LogP contribution in [0.4, 0.5) is 0 Å². The highest BCUT2D eigenvalue weighted by Gasteiger charge is 2.28. The van der Waals surface area contributed by atoms with Crippen LogP contribution in [0.5, 0.6) is 0 Å². The number of carbonyl (C=O) groups excluding carboxylic acids is 1. The largest absolute Gasteiger partial charge is 0.330 e. The molecule has 0 radical (unpaired) electrons. The Labute approximate surface area is 92.0 Å². The lowest BCUT2D eigenvalue weighted by molar-refractivity contribution is -0.132. The molecule has 0 aromatic carbocycles. The Kier molecular flexibility index (Phi) is 4.64. The summed E-state index contributed by atoms with van der Waals surface area (Å²) in [4.78, 5) is 13.6. The van der Waals surface area contributed by atoms with Crippen LogP contribution in [-0.2, 0) is 4.79 Å². The van der Waals surface area contributed by atoms with Crippen molar-refractivity contribution in [1.29, 1.82) is 0 Å². The van der Waals surface area contributed by atoms with Gasteiger partial charge in [-0.3, -0.25) is 4.79 Å². The molecule has 1 fully saturated rings. The summed E-state index contributed by atoms with van der Waals surface area (Å²) in [5.74, 6) is 3.21. The second-order valence-corrected chi connectivity index (χ2v) is 4.26. The van der Waals surface area contributed by atoms with Gasteiger partial charge in [0.15, 0.2) is 0 Å². The minimum atomic E-state index is -0.373. The highest BCUT2D eigenvalue weighted by atomic mass is 16.2. The van der Waals surface area contributed by atoms with Crippen molar-refractivity contribution in [3.05, 3.63) is 0 Å². The fourth-order valence-corrected chi connectivity index (χ4v) is 1.62. The first-order valence-corrected chi connectivity index (χ1v) is 5.66. The molecule has 1 rings (SSSR count). The summed E-state index contributed by atoms with van der Waals surface area (Å²) in [5, 5.41) is 0. The lowest BCUT2D eigenvalue weighted by Crippen LogP contribution is -2.44. The van der Waals surface area contributed by atoms with Crippen LogP contribution in [0, 0.1) is 18.3 Å². The van der Waals surface area contributed by atoms with Crippen molar-refractivity contribution in [2.45, 2.75) is 38.6 Å². The Bertz CT molecular complexity index is 253. The van der Waals surface area contributed by atoms with Gasteiger partial charge < -0.3 is 10.6 Å². The predicted molar refractivity (Wildman–Crippen MR) is 61.0 cm³/mol. The molecule has 84 valence electrons. The number of rotatable bonds is 6. The molecule has 3 heteroatoms. The third-order valence-corrected chi connectivity index (χ3v) is 2.69. The van der Waals surface area contributed by atoms with E-state index in [1.54, 1.807) is 4.90 Å². The molecule has 0 spiro atoms. The van der Waals surface area contributed by atoms with E-state index in [1.165, 1.54) is 12.8 Å². The summed E-state index contributed by atoms with van der Waals surface area (Å²) in [6.45, 7) is 3.22. The molecule has 0 aliphatic heterocycles. The van der Waals surface area contributed by atoms with Gasteiger partial charge in [-0.2, -0.15) is 0 Å². The summed E-state index contributed by atoms with van der Waals surface area (Å²) in [6, 6.07) is -0.373. The van der Waals surface area contributed by atoms with E-state index in [1.807, 2.05) is 6.92 Å².